The monoisotopic (exact) mass is 415 g/mol. The molecule has 4 nitrogen and oxygen atoms in total. The molecule has 1 heterocycles. The molecule has 150 valence electrons. The molecule has 0 radical (unpaired) electrons. The molecule has 0 aliphatic heterocycles. The first-order chi connectivity index (χ1) is 13.9. The highest BCUT2D eigenvalue weighted by Crippen LogP contribution is 2.62. The fourth-order valence-electron chi connectivity index (χ4n) is 5.13. The summed E-state index contributed by atoms with van der Waals surface area (Å²) in [5.74, 6) is -0.298. The Kier molecular flexibility index (Phi) is 4.35. The van der Waals surface area contributed by atoms with Gasteiger partial charge in [0.1, 0.15) is 0 Å². The Hall–Kier alpha value is -2.47. The molecule has 1 N–H and O–H groups in total. The number of imidazole rings is 1. The number of amides is 1. The number of carbonyl (C=O) groups excluding carboxylic acids is 1. The third-order valence-corrected chi connectivity index (χ3v) is 6.79. The van der Waals surface area contributed by atoms with E-state index in [2.05, 4.69) is 17.2 Å². The van der Waals surface area contributed by atoms with Gasteiger partial charge >= 0.3 is 0 Å². The minimum absolute atomic E-state index is 0.0835. The molecule has 0 spiro atoms. The fraction of sp³-hybridized carbons (Fsp3) is 0.364. The molecule has 1 amide bonds. The zero-order valence-electron chi connectivity index (χ0n) is 15.8. The van der Waals surface area contributed by atoms with Crippen LogP contribution in [0.1, 0.15) is 36.2 Å². The standard InChI is InChI=1S/C22H20ClF2N3O/c1-11(27-22(29)12-2-4-13(23)5-3-12)21-15-6-14(7-16(15)21)28-10-26-19-8-17(24)18(25)9-20(19)28/h2-5,8-11,14-16,21H,6-7H2,1H3,(H,27,29)/t11?,14?,15-,16+,21?. The van der Waals surface area contributed by atoms with Crippen molar-refractivity contribution in [3.05, 3.63) is 64.9 Å². The zero-order valence-corrected chi connectivity index (χ0v) is 16.5. The van der Waals surface area contributed by atoms with Crippen molar-refractivity contribution >= 4 is 28.5 Å². The van der Waals surface area contributed by atoms with Crippen LogP contribution in [0.15, 0.2) is 42.7 Å². The van der Waals surface area contributed by atoms with Gasteiger partial charge in [-0.2, -0.15) is 0 Å². The van der Waals surface area contributed by atoms with Gasteiger partial charge in [0.15, 0.2) is 11.6 Å². The third kappa shape index (κ3) is 3.19. The molecule has 5 atom stereocenters. The molecule has 2 aliphatic rings. The van der Waals surface area contributed by atoms with E-state index in [1.807, 2.05) is 4.57 Å². The number of halogens is 3. The van der Waals surface area contributed by atoms with Crippen LogP contribution in [0.25, 0.3) is 11.0 Å². The largest absolute Gasteiger partial charge is 0.349 e. The van der Waals surface area contributed by atoms with Gasteiger partial charge in [-0.25, -0.2) is 13.8 Å². The van der Waals surface area contributed by atoms with Crippen LogP contribution in [0.3, 0.4) is 0 Å². The number of fused-ring (bicyclic) bond motifs is 2. The normalized spacial score (nSPS) is 26.3. The topological polar surface area (TPSA) is 46.9 Å². The van der Waals surface area contributed by atoms with E-state index < -0.39 is 11.6 Å². The SMILES string of the molecule is CC(NC(=O)c1ccc(Cl)cc1)C1[C@H]2CC(n3cnc4cc(F)c(F)cc43)C[C@@H]12. The summed E-state index contributed by atoms with van der Waals surface area (Å²) in [6.45, 7) is 2.05. The number of nitrogens with zero attached hydrogens (tertiary/aromatic N) is 2. The number of hydrogen-bond acceptors (Lipinski definition) is 2. The van der Waals surface area contributed by atoms with Crippen LogP contribution in [0.4, 0.5) is 8.78 Å². The number of nitrogens with one attached hydrogen (secondary N) is 1. The van der Waals surface area contributed by atoms with Crippen molar-refractivity contribution in [2.75, 3.05) is 0 Å². The number of rotatable bonds is 4. The molecule has 5 rings (SSSR count). The summed E-state index contributed by atoms with van der Waals surface area (Å²) in [5.41, 5.74) is 1.71. The quantitative estimate of drug-likeness (QED) is 0.653. The Balaban J connectivity index is 1.24. The van der Waals surface area contributed by atoms with Gasteiger partial charge in [0, 0.05) is 34.8 Å². The highest BCUT2D eigenvalue weighted by Gasteiger charge is 2.58. The molecule has 2 saturated carbocycles. The second-order valence-corrected chi connectivity index (χ2v) is 8.64. The lowest BCUT2D eigenvalue weighted by molar-refractivity contribution is 0.0932. The lowest BCUT2D eigenvalue weighted by atomic mass is 10.0. The maximum Gasteiger partial charge on any atom is 0.251 e. The first-order valence-corrected chi connectivity index (χ1v) is 10.2. The minimum atomic E-state index is -0.873. The molecule has 29 heavy (non-hydrogen) atoms. The second-order valence-electron chi connectivity index (χ2n) is 8.21. The Morgan fingerprint density at radius 2 is 1.83 bits per heavy atom. The van der Waals surface area contributed by atoms with E-state index in [0.717, 1.165) is 18.9 Å². The Labute approximate surface area is 171 Å². The predicted molar refractivity (Wildman–Crippen MR) is 107 cm³/mol. The molecule has 2 aliphatic carbocycles. The highest BCUT2D eigenvalue weighted by atomic mass is 35.5. The summed E-state index contributed by atoms with van der Waals surface area (Å²) in [5, 5.41) is 3.71. The van der Waals surface area contributed by atoms with Crippen LogP contribution in [-0.2, 0) is 0 Å². The first-order valence-electron chi connectivity index (χ1n) is 9.80. The van der Waals surface area contributed by atoms with Gasteiger partial charge in [0.2, 0.25) is 0 Å². The summed E-state index contributed by atoms with van der Waals surface area (Å²) < 4.78 is 29.1. The fourth-order valence-corrected chi connectivity index (χ4v) is 5.26. The van der Waals surface area contributed by atoms with E-state index in [0.29, 0.717) is 39.4 Å². The summed E-state index contributed by atoms with van der Waals surface area (Å²) in [7, 11) is 0. The van der Waals surface area contributed by atoms with Gasteiger partial charge in [0.05, 0.1) is 17.4 Å². The van der Waals surface area contributed by atoms with Gasteiger partial charge in [-0.3, -0.25) is 4.79 Å². The molecular weight excluding hydrogens is 396 g/mol. The van der Waals surface area contributed by atoms with E-state index in [1.165, 1.54) is 6.07 Å². The van der Waals surface area contributed by atoms with Gasteiger partial charge in [-0.15, -0.1) is 0 Å². The molecule has 3 aromatic rings. The smallest absolute Gasteiger partial charge is 0.251 e. The average Bonchev–Trinajstić information content (AvgIpc) is 3.00. The van der Waals surface area contributed by atoms with E-state index in [4.69, 9.17) is 11.6 Å². The van der Waals surface area contributed by atoms with Crippen molar-refractivity contribution in [1.29, 1.82) is 0 Å². The van der Waals surface area contributed by atoms with Crippen LogP contribution in [0.5, 0.6) is 0 Å². The summed E-state index contributed by atoms with van der Waals surface area (Å²) in [4.78, 5) is 16.7. The zero-order chi connectivity index (χ0) is 20.3. The van der Waals surface area contributed by atoms with Gasteiger partial charge in [0.25, 0.3) is 5.91 Å². The molecule has 2 fully saturated rings. The Morgan fingerprint density at radius 3 is 2.52 bits per heavy atom. The molecule has 0 bridgehead atoms. The highest BCUT2D eigenvalue weighted by molar-refractivity contribution is 6.30. The molecule has 0 saturated heterocycles. The number of hydrogen-bond donors (Lipinski definition) is 1. The van der Waals surface area contributed by atoms with Crippen LogP contribution >= 0.6 is 11.6 Å². The van der Waals surface area contributed by atoms with Crippen molar-refractivity contribution in [1.82, 2.24) is 14.9 Å². The van der Waals surface area contributed by atoms with Crippen molar-refractivity contribution in [3.8, 4) is 0 Å². The Bertz CT molecular complexity index is 1090. The van der Waals surface area contributed by atoms with E-state index >= 15 is 0 Å². The van der Waals surface area contributed by atoms with E-state index in [-0.39, 0.29) is 18.0 Å². The van der Waals surface area contributed by atoms with Crippen molar-refractivity contribution in [2.24, 2.45) is 17.8 Å². The predicted octanol–water partition coefficient (Wildman–Crippen LogP) is 4.98. The second kappa shape index (κ2) is 6.80. The van der Waals surface area contributed by atoms with Crippen LogP contribution in [0, 0.1) is 29.4 Å². The number of benzene rings is 2. The van der Waals surface area contributed by atoms with Crippen molar-refractivity contribution in [2.45, 2.75) is 31.8 Å². The minimum Gasteiger partial charge on any atom is -0.349 e. The Morgan fingerprint density at radius 1 is 1.17 bits per heavy atom. The average molecular weight is 416 g/mol. The molecule has 1 aromatic heterocycles. The van der Waals surface area contributed by atoms with Gasteiger partial charge < -0.3 is 9.88 Å². The van der Waals surface area contributed by atoms with Crippen LogP contribution in [0.2, 0.25) is 5.02 Å². The molecule has 2 aromatic carbocycles. The van der Waals surface area contributed by atoms with Crippen LogP contribution < -0.4 is 5.32 Å². The lowest BCUT2D eigenvalue weighted by Crippen LogP contribution is -2.35. The number of carbonyl (C=O) groups is 1. The van der Waals surface area contributed by atoms with E-state index in [1.54, 1.807) is 30.6 Å². The van der Waals surface area contributed by atoms with Gasteiger partial charge in [-0.1, -0.05) is 11.6 Å². The third-order valence-electron chi connectivity index (χ3n) is 6.54. The van der Waals surface area contributed by atoms with Crippen molar-refractivity contribution < 1.29 is 13.6 Å². The van der Waals surface area contributed by atoms with Gasteiger partial charge in [-0.05, 0) is 61.8 Å². The maximum absolute atomic E-state index is 13.7. The summed E-state index contributed by atoms with van der Waals surface area (Å²) in [6.07, 6.45) is 3.60. The molecule has 7 heteroatoms. The summed E-state index contributed by atoms with van der Waals surface area (Å²) in [6, 6.07) is 9.56. The van der Waals surface area contributed by atoms with E-state index in [9.17, 15) is 13.6 Å². The molecular formula is C22H20ClF2N3O. The molecule has 3 unspecified atom stereocenters. The lowest BCUT2D eigenvalue weighted by Gasteiger charge is -2.21. The maximum atomic E-state index is 13.7. The summed E-state index contributed by atoms with van der Waals surface area (Å²) >= 11 is 5.88. The van der Waals surface area contributed by atoms with Crippen molar-refractivity contribution in [3.63, 3.8) is 0 Å². The first kappa shape index (κ1) is 18.6. The van der Waals surface area contributed by atoms with Crippen LogP contribution in [-0.4, -0.2) is 21.5 Å². The number of aromatic nitrogens is 2.